The molecule has 3 N–H and O–H groups in total. The van der Waals surface area contributed by atoms with Crippen molar-refractivity contribution < 1.29 is 9.59 Å². The topological polar surface area (TPSA) is 83.1 Å². The van der Waals surface area contributed by atoms with E-state index in [0.29, 0.717) is 22.9 Å². The SMILES string of the molecule is CC(C(=O)Nc1ccc(C(=O)Nc2cccnc2)cc1)C1CNC1. The second-order valence-electron chi connectivity index (χ2n) is 5.97. The van der Waals surface area contributed by atoms with E-state index < -0.39 is 0 Å². The molecule has 0 radical (unpaired) electrons. The summed E-state index contributed by atoms with van der Waals surface area (Å²) in [6, 6.07) is 10.4. The Morgan fingerprint density at radius 2 is 1.88 bits per heavy atom. The molecule has 0 aliphatic carbocycles. The Morgan fingerprint density at radius 3 is 2.46 bits per heavy atom. The van der Waals surface area contributed by atoms with E-state index in [1.54, 1.807) is 48.8 Å². The second kappa shape index (κ2) is 7.23. The molecule has 1 aromatic heterocycles. The summed E-state index contributed by atoms with van der Waals surface area (Å²) in [4.78, 5) is 28.3. The molecule has 0 saturated carbocycles. The van der Waals surface area contributed by atoms with Crippen molar-refractivity contribution in [2.45, 2.75) is 6.92 Å². The fraction of sp³-hybridized carbons (Fsp3) is 0.278. The monoisotopic (exact) mass is 324 g/mol. The number of hydrogen-bond acceptors (Lipinski definition) is 4. The minimum Gasteiger partial charge on any atom is -0.326 e. The number of carbonyl (C=O) groups is 2. The summed E-state index contributed by atoms with van der Waals surface area (Å²) in [5, 5.41) is 8.84. The van der Waals surface area contributed by atoms with E-state index in [1.165, 1.54) is 0 Å². The fourth-order valence-corrected chi connectivity index (χ4v) is 2.48. The first-order valence-electron chi connectivity index (χ1n) is 7.96. The molecule has 24 heavy (non-hydrogen) atoms. The highest BCUT2D eigenvalue weighted by Gasteiger charge is 2.28. The lowest BCUT2D eigenvalue weighted by Gasteiger charge is -2.31. The molecule has 1 saturated heterocycles. The number of pyridine rings is 1. The first kappa shape index (κ1) is 16.1. The van der Waals surface area contributed by atoms with E-state index in [1.807, 2.05) is 6.92 Å². The summed E-state index contributed by atoms with van der Waals surface area (Å²) < 4.78 is 0. The Kier molecular flexibility index (Phi) is 4.86. The molecule has 6 nitrogen and oxygen atoms in total. The zero-order valence-electron chi connectivity index (χ0n) is 13.5. The number of carbonyl (C=O) groups excluding carboxylic acids is 2. The van der Waals surface area contributed by atoms with Gasteiger partial charge in [0.1, 0.15) is 0 Å². The van der Waals surface area contributed by atoms with Crippen LogP contribution in [0.3, 0.4) is 0 Å². The van der Waals surface area contributed by atoms with Gasteiger partial charge in [0.25, 0.3) is 5.91 Å². The normalized spacial score (nSPS) is 15.2. The van der Waals surface area contributed by atoms with Crippen molar-refractivity contribution in [2.24, 2.45) is 11.8 Å². The Balaban J connectivity index is 1.58. The van der Waals surface area contributed by atoms with Crippen LogP contribution in [0.5, 0.6) is 0 Å². The number of benzene rings is 1. The van der Waals surface area contributed by atoms with Crippen LogP contribution in [0.1, 0.15) is 17.3 Å². The van der Waals surface area contributed by atoms with Gasteiger partial charge in [0.05, 0.1) is 11.9 Å². The van der Waals surface area contributed by atoms with Gasteiger partial charge in [0.2, 0.25) is 5.91 Å². The molecule has 1 aliphatic rings. The number of nitrogens with one attached hydrogen (secondary N) is 3. The number of nitrogens with zero attached hydrogens (tertiary/aromatic N) is 1. The number of aromatic nitrogens is 1. The van der Waals surface area contributed by atoms with Crippen LogP contribution in [0.2, 0.25) is 0 Å². The molecule has 1 aromatic carbocycles. The quantitative estimate of drug-likeness (QED) is 0.787. The highest BCUT2D eigenvalue weighted by atomic mass is 16.2. The highest BCUT2D eigenvalue weighted by molar-refractivity contribution is 6.04. The van der Waals surface area contributed by atoms with Crippen molar-refractivity contribution in [3.05, 3.63) is 54.4 Å². The van der Waals surface area contributed by atoms with Crippen LogP contribution in [0.4, 0.5) is 11.4 Å². The average Bonchev–Trinajstić information content (AvgIpc) is 2.54. The van der Waals surface area contributed by atoms with Crippen molar-refractivity contribution in [1.82, 2.24) is 10.3 Å². The van der Waals surface area contributed by atoms with Gasteiger partial charge in [-0.2, -0.15) is 0 Å². The van der Waals surface area contributed by atoms with Crippen molar-refractivity contribution in [3.63, 3.8) is 0 Å². The largest absolute Gasteiger partial charge is 0.326 e. The van der Waals surface area contributed by atoms with Crippen LogP contribution in [0.15, 0.2) is 48.8 Å². The summed E-state index contributed by atoms with van der Waals surface area (Å²) in [7, 11) is 0. The molecular formula is C18H20N4O2. The number of amides is 2. The third kappa shape index (κ3) is 3.78. The minimum absolute atomic E-state index is 0.00839. The average molecular weight is 324 g/mol. The Bertz CT molecular complexity index is 712. The van der Waals surface area contributed by atoms with E-state index in [2.05, 4.69) is 20.9 Å². The van der Waals surface area contributed by atoms with Gasteiger partial charge in [-0.3, -0.25) is 14.6 Å². The van der Waals surface area contributed by atoms with Crippen molar-refractivity contribution in [3.8, 4) is 0 Å². The second-order valence-corrected chi connectivity index (χ2v) is 5.97. The Morgan fingerprint density at radius 1 is 1.12 bits per heavy atom. The number of anilines is 2. The van der Waals surface area contributed by atoms with Gasteiger partial charge in [0.15, 0.2) is 0 Å². The summed E-state index contributed by atoms with van der Waals surface area (Å²) >= 11 is 0. The molecule has 2 heterocycles. The molecule has 1 fully saturated rings. The van der Waals surface area contributed by atoms with Crippen molar-refractivity contribution in [2.75, 3.05) is 23.7 Å². The third-order valence-electron chi connectivity index (χ3n) is 4.27. The van der Waals surface area contributed by atoms with Crippen LogP contribution in [-0.4, -0.2) is 29.9 Å². The highest BCUT2D eigenvalue weighted by Crippen LogP contribution is 2.19. The maximum atomic E-state index is 12.2. The molecule has 3 rings (SSSR count). The smallest absolute Gasteiger partial charge is 0.255 e. The lowest BCUT2D eigenvalue weighted by molar-refractivity contribution is -0.121. The van der Waals surface area contributed by atoms with Crippen LogP contribution in [-0.2, 0) is 4.79 Å². The van der Waals surface area contributed by atoms with E-state index >= 15 is 0 Å². The van der Waals surface area contributed by atoms with Crippen molar-refractivity contribution in [1.29, 1.82) is 0 Å². The molecule has 2 amide bonds. The van der Waals surface area contributed by atoms with E-state index in [0.717, 1.165) is 13.1 Å². The predicted molar refractivity (Wildman–Crippen MR) is 92.8 cm³/mol. The maximum absolute atomic E-state index is 12.2. The van der Waals surface area contributed by atoms with Gasteiger partial charge >= 0.3 is 0 Å². The number of rotatable bonds is 5. The Labute approximate surface area is 140 Å². The van der Waals surface area contributed by atoms with Gasteiger partial charge in [-0.25, -0.2) is 0 Å². The summed E-state index contributed by atoms with van der Waals surface area (Å²) in [6.07, 6.45) is 3.23. The van der Waals surface area contributed by atoms with Gasteiger partial charge in [-0.1, -0.05) is 6.92 Å². The van der Waals surface area contributed by atoms with Gasteiger partial charge < -0.3 is 16.0 Å². The molecule has 1 unspecified atom stereocenters. The molecule has 1 atom stereocenters. The van der Waals surface area contributed by atoms with Gasteiger partial charge in [0, 0.05) is 23.4 Å². The molecule has 0 bridgehead atoms. The van der Waals surface area contributed by atoms with E-state index in [4.69, 9.17) is 0 Å². The summed E-state index contributed by atoms with van der Waals surface area (Å²) in [5.41, 5.74) is 1.85. The first-order chi connectivity index (χ1) is 11.6. The lowest BCUT2D eigenvalue weighted by Crippen LogP contribution is -2.48. The van der Waals surface area contributed by atoms with Gasteiger partial charge in [-0.05, 0) is 55.4 Å². The van der Waals surface area contributed by atoms with Crippen molar-refractivity contribution >= 4 is 23.2 Å². The molecule has 0 spiro atoms. The minimum atomic E-state index is -0.213. The summed E-state index contributed by atoms with van der Waals surface area (Å²) in [5.74, 6) is 0.165. The first-order valence-corrected chi connectivity index (χ1v) is 7.96. The Hall–Kier alpha value is -2.73. The summed E-state index contributed by atoms with van der Waals surface area (Å²) in [6.45, 7) is 3.72. The molecule has 6 heteroatoms. The van der Waals surface area contributed by atoms with Crippen LogP contribution < -0.4 is 16.0 Å². The molecule has 124 valence electrons. The van der Waals surface area contributed by atoms with E-state index in [9.17, 15) is 9.59 Å². The van der Waals surface area contributed by atoms with E-state index in [-0.39, 0.29) is 17.7 Å². The molecule has 2 aromatic rings. The third-order valence-corrected chi connectivity index (χ3v) is 4.27. The standard InChI is InChI=1S/C18H20N4O2/c1-12(14-9-20-10-14)17(23)21-15-6-4-13(5-7-15)18(24)22-16-3-2-8-19-11-16/h2-8,11-12,14,20H,9-10H2,1H3,(H,21,23)(H,22,24). The predicted octanol–water partition coefficient (Wildman–Crippen LogP) is 2.13. The van der Waals surface area contributed by atoms with Crippen LogP contribution in [0.25, 0.3) is 0 Å². The number of hydrogen-bond donors (Lipinski definition) is 3. The zero-order valence-corrected chi connectivity index (χ0v) is 13.5. The fourth-order valence-electron chi connectivity index (χ4n) is 2.48. The van der Waals surface area contributed by atoms with Crippen LogP contribution in [0, 0.1) is 11.8 Å². The van der Waals surface area contributed by atoms with Crippen LogP contribution >= 0.6 is 0 Å². The lowest BCUT2D eigenvalue weighted by atomic mass is 9.88. The van der Waals surface area contributed by atoms with Gasteiger partial charge in [-0.15, -0.1) is 0 Å². The molecular weight excluding hydrogens is 304 g/mol. The molecule has 1 aliphatic heterocycles. The zero-order chi connectivity index (χ0) is 16.9. The maximum Gasteiger partial charge on any atom is 0.255 e.